The molecule has 1 aliphatic rings. The van der Waals surface area contributed by atoms with E-state index in [1.165, 1.54) is 0 Å². The SMILES string of the molecule is Cc1nn(C)c(C)c1C(=O)NC1(C(=O)Nc2ccccn2)CCCC1. The Bertz CT molecular complexity index is 791. The maximum atomic E-state index is 12.9. The summed E-state index contributed by atoms with van der Waals surface area (Å²) in [6, 6.07) is 5.33. The molecule has 0 aromatic carbocycles. The van der Waals surface area contributed by atoms with Crippen LogP contribution in [0, 0.1) is 13.8 Å². The van der Waals surface area contributed by atoms with Gasteiger partial charge in [0.15, 0.2) is 0 Å². The second-order valence-electron chi connectivity index (χ2n) is 6.58. The lowest BCUT2D eigenvalue weighted by Gasteiger charge is -2.29. The summed E-state index contributed by atoms with van der Waals surface area (Å²) < 4.78 is 1.68. The van der Waals surface area contributed by atoms with Crippen LogP contribution in [0.3, 0.4) is 0 Å². The first-order valence-electron chi connectivity index (χ1n) is 8.48. The number of carbonyl (C=O) groups excluding carboxylic acids is 2. The molecule has 7 heteroatoms. The molecule has 132 valence electrons. The van der Waals surface area contributed by atoms with Crippen LogP contribution in [0.2, 0.25) is 0 Å². The minimum absolute atomic E-state index is 0.212. The van der Waals surface area contributed by atoms with Crippen LogP contribution in [0.15, 0.2) is 24.4 Å². The van der Waals surface area contributed by atoms with Crippen molar-refractivity contribution in [1.29, 1.82) is 0 Å². The van der Waals surface area contributed by atoms with E-state index in [-0.39, 0.29) is 11.8 Å². The summed E-state index contributed by atoms with van der Waals surface area (Å²) in [7, 11) is 1.80. The van der Waals surface area contributed by atoms with Gasteiger partial charge < -0.3 is 10.6 Å². The first-order chi connectivity index (χ1) is 11.9. The smallest absolute Gasteiger partial charge is 0.255 e. The molecule has 1 fully saturated rings. The number of hydrogen-bond acceptors (Lipinski definition) is 4. The summed E-state index contributed by atoms with van der Waals surface area (Å²) in [5.41, 5.74) is 1.09. The van der Waals surface area contributed by atoms with E-state index < -0.39 is 5.54 Å². The Morgan fingerprint density at radius 3 is 2.48 bits per heavy atom. The summed E-state index contributed by atoms with van der Waals surface area (Å²) >= 11 is 0. The summed E-state index contributed by atoms with van der Waals surface area (Å²) in [6.45, 7) is 3.65. The van der Waals surface area contributed by atoms with Gasteiger partial charge in [-0.25, -0.2) is 4.98 Å². The number of nitrogens with zero attached hydrogens (tertiary/aromatic N) is 3. The summed E-state index contributed by atoms with van der Waals surface area (Å²) in [4.78, 5) is 29.9. The van der Waals surface area contributed by atoms with Gasteiger partial charge in [-0.2, -0.15) is 5.10 Å². The van der Waals surface area contributed by atoms with Crippen molar-refractivity contribution in [3.63, 3.8) is 0 Å². The fraction of sp³-hybridized carbons (Fsp3) is 0.444. The Labute approximate surface area is 146 Å². The zero-order chi connectivity index (χ0) is 18.0. The molecule has 3 rings (SSSR count). The van der Waals surface area contributed by atoms with Crippen LogP contribution in [0.1, 0.15) is 47.4 Å². The molecule has 0 aliphatic heterocycles. The number of rotatable bonds is 4. The normalized spacial score (nSPS) is 15.8. The van der Waals surface area contributed by atoms with Crippen LogP contribution in [0.25, 0.3) is 0 Å². The molecular weight excluding hydrogens is 318 g/mol. The van der Waals surface area contributed by atoms with E-state index in [4.69, 9.17) is 0 Å². The summed E-state index contributed by atoms with van der Waals surface area (Å²) in [5.74, 6) is 0.0270. The first kappa shape index (κ1) is 17.1. The predicted octanol–water partition coefficient (Wildman–Crippen LogP) is 2.11. The lowest BCUT2D eigenvalue weighted by molar-refractivity contribution is -0.122. The minimum atomic E-state index is -0.899. The van der Waals surface area contributed by atoms with Crippen LogP contribution in [-0.4, -0.2) is 32.1 Å². The molecular formula is C18H23N5O2. The van der Waals surface area contributed by atoms with Gasteiger partial charge in [-0.1, -0.05) is 18.9 Å². The Hall–Kier alpha value is -2.70. The Balaban J connectivity index is 1.83. The van der Waals surface area contributed by atoms with Crippen LogP contribution in [-0.2, 0) is 11.8 Å². The molecule has 7 nitrogen and oxygen atoms in total. The molecule has 0 unspecified atom stereocenters. The van der Waals surface area contributed by atoms with Crippen molar-refractivity contribution in [3.05, 3.63) is 41.3 Å². The van der Waals surface area contributed by atoms with Crippen molar-refractivity contribution in [2.75, 3.05) is 5.32 Å². The Kier molecular flexibility index (Phi) is 4.57. The van der Waals surface area contributed by atoms with E-state index in [1.54, 1.807) is 37.0 Å². The first-order valence-corrected chi connectivity index (χ1v) is 8.48. The molecule has 25 heavy (non-hydrogen) atoms. The third-order valence-electron chi connectivity index (χ3n) is 4.89. The monoisotopic (exact) mass is 341 g/mol. The van der Waals surface area contributed by atoms with Gasteiger partial charge in [0.2, 0.25) is 0 Å². The second-order valence-corrected chi connectivity index (χ2v) is 6.58. The van der Waals surface area contributed by atoms with Crippen LogP contribution < -0.4 is 10.6 Å². The maximum absolute atomic E-state index is 12.9. The molecule has 2 aromatic rings. The number of nitrogens with one attached hydrogen (secondary N) is 2. The third-order valence-corrected chi connectivity index (χ3v) is 4.89. The molecule has 2 N–H and O–H groups in total. The van der Waals surface area contributed by atoms with Gasteiger partial charge in [0.1, 0.15) is 11.4 Å². The maximum Gasteiger partial charge on any atom is 0.255 e. The molecule has 2 heterocycles. The van der Waals surface area contributed by atoms with Gasteiger partial charge in [-0.05, 0) is 38.8 Å². The third kappa shape index (κ3) is 3.26. The highest BCUT2D eigenvalue weighted by Gasteiger charge is 2.43. The lowest BCUT2D eigenvalue weighted by atomic mass is 9.95. The summed E-state index contributed by atoms with van der Waals surface area (Å²) in [6.07, 6.45) is 4.67. The van der Waals surface area contributed by atoms with E-state index in [9.17, 15) is 9.59 Å². The lowest BCUT2D eigenvalue weighted by Crippen LogP contribution is -2.55. The molecule has 2 aromatic heterocycles. The average Bonchev–Trinajstić information content (AvgIpc) is 3.14. The Morgan fingerprint density at radius 1 is 1.20 bits per heavy atom. The zero-order valence-corrected chi connectivity index (χ0v) is 14.8. The van der Waals surface area contributed by atoms with Crippen molar-refractivity contribution in [3.8, 4) is 0 Å². The van der Waals surface area contributed by atoms with Gasteiger partial charge in [0, 0.05) is 18.9 Å². The van der Waals surface area contributed by atoms with Crippen molar-refractivity contribution in [2.45, 2.75) is 45.1 Å². The van der Waals surface area contributed by atoms with Crippen molar-refractivity contribution in [2.24, 2.45) is 7.05 Å². The highest BCUT2D eigenvalue weighted by Crippen LogP contribution is 2.31. The predicted molar refractivity (Wildman–Crippen MR) is 94.2 cm³/mol. The number of aryl methyl sites for hydroxylation is 2. The van der Waals surface area contributed by atoms with E-state index in [0.717, 1.165) is 18.5 Å². The van der Waals surface area contributed by atoms with Gasteiger partial charge in [0.25, 0.3) is 11.8 Å². The van der Waals surface area contributed by atoms with Crippen LogP contribution >= 0.6 is 0 Å². The standard InChI is InChI=1S/C18H23N5O2/c1-12-15(13(2)23(3)22-12)16(24)21-18(9-5-6-10-18)17(25)20-14-8-4-7-11-19-14/h4,7-8,11H,5-6,9-10H2,1-3H3,(H,21,24)(H,19,20,25). The number of aromatic nitrogens is 3. The average molecular weight is 341 g/mol. The molecule has 1 aliphatic carbocycles. The van der Waals surface area contributed by atoms with Crippen LogP contribution in [0.4, 0.5) is 5.82 Å². The molecule has 2 amide bonds. The molecule has 0 spiro atoms. The number of carbonyl (C=O) groups is 2. The van der Waals surface area contributed by atoms with Crippen molar-refractivity contribution >= 4 is 17.6 Å². The molecule has 0 atom stereocenters. The van der Waals surface area contributed by atoms with E-state index >= 15 is 0 Å². The largest absolute Gasteiger partial charge is 0.337 e. The molecule has 0 bridgehead atoms. The van der Waals surface area contributed by atoms with E-state index in [2.05, 4.69) is 20.7 Å². The van der Waals surface area contributed by atoms with Gasteiger partial charge in [0.05, 0.1) is 11.3 Å². The van der Waals surface area contributed by atoms with Gasteiger partial charge >= 0.3 is 0 Å². The molecule has 0 saturated heterocycles. The van der Waals surface area contributed by atoms with Gasteiger partial charge in [-0.15, -0.1) is 0 Å². The van der Waals surface area contributed by atoms with Crippen molar-refractivity contribution in [1.82, 2.24) is 20.1 Å². The quantitative estimate of drug-likeness (QED) is 0.891. The van der Waals surface area contributed by atoms with E-state index in [1.807, 2.05) is 13.0 Å². The number of pyridine rings is 1. The fourth-order valence-corrected chi connectivity index (χ4v) is 3.44. The van der Waals surface area contributed by atoms with Gasteiger partial charge in [-0.3, -0.25) is 14.3 Å². The Morgan fingerprint density at radius 2 is 1.92 bits per heavy atom. The highest BCUT2D eigenvalue weighted by molar-refractivity contribution is 6.04. The number of amides is 2. The topological polar surface area (TPSA) is 88.9 Å². The molecule has 1 saturated carbocycles. The summed E-state index contributed by atoms with van der Waals surface area (Å²) in [5, 5.41) is 10.1. The minimum Gasteiger partial charge on any atom is -0.337 e. The number of hydrogen-bond donors (Lipinski definition) is 2. The fourth-order valence-electron chi connectivity index (χ4n) is 3.44. The van der Waals surface area contributed by atoms with Crippen LogP contribution in [0.5, 0.6) is 0 Å². The van der Waals surface area contributed by atoms with E-state index in [0.29, 0.717) is 29.9 Å². The molecule has 0 radical (unpaired) electrons. The second kappa shape index (κ2) is 6.66. The number of anilines is 1. The van der Waals surface area contributed by atoms with Crippen molar-refractivity contribution < 1.29 is 9.59 Å². The zero-order valence-electron chi connectivity index (χ0n) is 14.8. The highest BCUT2D eigenvalue weighted by atomic mass is 16.2.